The molecule has 2 aromatic rings. The Morgan fingerprint density at radius 3 is 2.41 bits per heavy atom. The Morgan fingerprint density at radius 2 is 1.79 bits per heavy atom. The van der Waals surface area contributed by atoms with Gasteiger partial charge in [0.25, 0.3) is 5.91 Å². The summed E-state index contributed by atoms with van der Waals surface area (Å²) in [6, 6.07) is 12.0. The molecule has 2 rings (SSSR count). The van der Waals surface area contributed by atoms with E-state index < -0.39 is 0 Å². The van der Waals surface area contributed by atoms with E-state index in [9.17, 15) is 9.18 Å². The largest absolute Gasteiger partial charge is 0.356 e. The predicted molar refractivity (Wildman–Crippen MR) is 128 cm³/mol. The molecule has 0 atom stereocenters. The standard InChI is InChI=1S/C21H26ClFN4O.HI/c1-24-21(26-12-10-16-7-8-18(23)14-19(16)22)25-11-9-15-5-4-6-17(13-15)20(28)27(2)3;/h4-8,13-14H,9-12H2,1-3H3,(H2,24,25,26);1H. The van der Waals surface area contributed by atoms with Crippen molar-refractivity contribution in [1.82, 2.24) is 15.5 Å². The summed E-state index contributed by atoms with van der Waals surface area (Å²) in [5, 5.41) is 6.89. The van der Waals surface area contributed by atoms with Crippen molar-refractivity contribution in [3.8, 4) is 0 Å². The Balaban J connectivity index is 0.00000420. The number of aliphatic imine (C=N–C) groups is 1. The highest BCUT2D eigenvalue weighted by Crippen LogP contribution is 2.17. The summed E-state index contributed by atoms with van der Waals surface area (Å²) in [5.41, 5.74) is 2.64. The van der Waals surface area contributed by atoms with Gasteiger partial charge in [-0.2, -0.15) is 0 Å². The minimum absolute atomic E-state index is 0. The van der Waals surface area contributed by atoms with E-state index in [1.165, 1.54) is 12.1 Å². The van der Waals surface area contributed by atoms with Crippen LogP contribution in [-0.2, 0) is 12.8 Å². The molecule has 0 bridgehead atoms. The van der Waals surface area contributed by atoms with Gasteiger partial charge in [0.2, 0.25) is 0 Å². The maximum absolute atomic E-state index is 13.1. The number of guanidine groups is 1. The first-order chi connectivity index (χ1) is 13.4. The molecule has 1 amide bonds. The van der Waals surface area contributed by atoms with Gasteiger partial charge in [-0.15, -0.1) is 24.0 Å². The van der Waals surface area contributed by atoms with E-state index in [1.54, 1.807) is 32.1 Å². The van der Waals surface area contributed by atoms with Crippen LogP contribution >= 0.6 is 35.6 Å². The molecule has 2 aromatic carbocycles. The van der Waals surface area contributed by atoms with Crippen LogP contribution in [0, 0.1) is 5.82 Å². The van der Waals surface area contributed by atoms with Crippen molar-refractivity contribution in [2.24, 2.45) is 4.99 Å². The molecule has 0 saturated carbocycles. The SMILES string of the molecule is CN=C(NCCc1cccc(C(=O)N(C)C)c1)NCCc1ccc(F)cc1Cl.I. The number of hydrogen-bond donors (Lipinski definition) is 2. The average Bonchev–Trinajstić information content (AvgIpc) is 2.67. The molecule has 0 heterocycles. The highest BCUT2D eigenvalue weighted by Gasteiger charge is 2.08. The van der Waals surface area contributed by atoms with Gasteiger partial charge in [-0.3, -0.25) is 9.79 Å². The lowest BCUT2D eigenvalue weighted by molar-refractivity contribution is 0.0827. The molecule has 0 fully saturated rings. The Kier molecular flexibility index (Phi) is 11.0. The van der Waals surface area contributed by atoms with E-state index in [0.717, 1.165) is 17.5 Å². The van der Waals surface area contributed by atoms with Crippen molar-refractivity contribution in [1.29, 1.82) is 0 Å². The first kappa shape index (κ1) is 25.2. The molecular formula is C21H27ClFIN4O. The number of nitrogens with one attached hydrogen (secondary N) is 2. The van der Waals surface area contributed by atoms with E-state index in [2.05, 4.69) is 15.6 Å². The van der Waals surface area contributed by atoms with E-state index in [1.807, 2.05) is 24.3 Å². The number of carbonyl (C=O) groups excluding carboxylic acids is 1. The van der Waals surface area contributed by atoms with Gasteiger partial charge in [-0.1, -0.05) is 29.8 Å². The van der Waals surface area contributed by atoms with Crippen molar-refractivity contribution in [2.75, 3.05) is 34.2 Å². The summed E-state index contributed by atoms with van der Waals surface area (Å²) in [6.45, 7) is 1.30. The number of benzene rings is 2. The molecule has 0 aromatic heterocycles. The van der Waals surface area contributed by atoms with Gasteiger partial charge < -0.3 is 15.5 Å². The van der Waals surface area contributed by atoms with E-state index >= 15 is 0 Å². The fraction of sp³-hybridized carbons (Fsp3) is 0.333. The maximum Gasteiger partial charge on any atom is 0.253 e. The molecule has 0 aliphatic carbocycles. The molecule has 0 spiro atoms. The summed E-state index contributed by atoms with van der Waals surface area (Å²) in [7, 11) is 5.19. The van der Waals surface area contributed by atoms with E-state index in [-0.39, 0.29) is 35.7 Å². The van der Waals surface area contributed by atoms with Gasteiger partial charge in [0.15, 0.2) is 5.96 Å². The number of amides is 1. The van der Waals surface area contributed by atoms with Gasteiger partial charge >= 0.3 is 0 Å². The lowest BCUT2D eigenvalue weighted by atomic mass is 10.1. The first-order valence-electron chi connectivity index (χ1n) is 9.09. The zero-order chi connectivity index (χ0) is 20.5. The third kappa shape index (κ3) is 8.18. The number of rotatable bonds is 7. The number of hydrogen-bond acceptors (Lipinski definition) is 2. The monoisotopic (exact) mass is 532 g/mol. The molecule has 0 aliphatic heterocycles. The molecule has 0 saturated heterocycles. The van der Waals surface area contributed by atoms with E-state index in [4.69, 9.17) is 11.6 Å². The molecule has 8 heteroatoms. The van der Waals surface area contributed by atoms with Crippen LogP contribution in [0.4, 0.5) is 4.39 Å². The Hall–Kier alpha value is -1.87. The zero-order valence-corrected chi connectivity index (χ0v) is 19.9. The first-order valence-corrected chi connectivity index (χ1v) is 9.47. The Labute approximate surface area is 193 Å². The quantitative estimate of drug-likeness (QED) is 0.324. The minimum Gasteiger partial charge on any atom is -0.356 e. The summed E-state index contributed by atoms with van der Waals surface area (Å²) in [6.07, 6.45) is 1.42. The van der Waals surface area contributed by atoms with Crippen LogP contribution in [-0.4, -0.2) is 51.0 Å². The van der Waals surface area contributed by atoms with Crippen molar-refractivity contribution in [2.45, 2.75) is 12.8 Å². The van der Waals surface area contributed by atoms with Crippen LogP contribution in [0.3, 0.4) is 0 Å². The van der Waals surface area contributed by atoms with E-state index in [0.29, 0.717) is 36.1 Å². The fourth-order valence-electron chi connectivity index (χ4n) is 2.70. The molecule has 0 radical (unpaired) electrons. The molecule has 2 N–H and O–H groups in total. The summed E-state index contributed by atoms with van der Waals surface area (Å²) in [4.78, 5) is 17.8. The highest BCUT2D eigenvalue weighted by atomic mass is 127. The zero-order valence-electron chi connectivity index (χ0n) is 16.8. The lowest BCUT2D eigenvalue weighted by Crippen LogP contribution is -2.39. The van der Waals surface area contributed by atoms with Gasteiger partial charge in [0.1, 0.15) is 5.82 Å². The van der Waals surface area contributed by atoms with Crippen LogP contribution < -0.4 is 10.6 Å². The molecular weight excluding hydrogens is 506 g/mol. The highest BCUT2D eigenvalue weighted by molar-refractivity contribution is 14.0. The third-order valence-corrected chi connectivity index (χ3v) is 4.56. The fourth-order valence-corrected chi connectivity index (χ4v) is 2.97. The molecule has 158 valence electrons. The van der Waals surface area contributed by atoms with Crippen molar-refractivity contribution in [3.05, 3.63) is 70.0 Å². The Bertz CT molecular complexity index is 845. The molecule has 0 aliphatic rings. The van der Waals surface area contributed by atoms with Crippen LogP contribution in [0.1, 0.15) is 21.5 Å². The van der Waals surface area contributed by atoms with Crippen LogP contribution in [0.15, 0.2) is 47.5 Å². The van der Waals surface area contributed by atoms with Gasteiger partial charge in [-0.25, -0.2) is 4.39 Å². The maximum atomic E-state index is 13.1. The molecule has 29 heavy (non-hydrogen) atoms. The predicted octanol–water partition coefficient (Wildman–Crippen LogP) is 3.75. The normalized spacial score (nSPS) is 10.9. The summed E-state index contributed by atoms with van der Waals surface area (Å²) < 4.78 is 13.1. The van der Waals surface area contributed by atoms with Crippen LogP contribution in [0.25, 0.3) is 0 Å². The second-order valence-corrected chi connectivity index (χ2v) is 6.97. The van der Waals surface area contributed by atoms with Gasteiger partial charge in [0.05, 0.1) is 0 Å². The van der Waals surface area contributed by atoms with Crippen molar-refractivity contribution in [3.63, 3.8) is 0 Å². The van der Waals surface area contributed by atoms with Crippen LogP contribution in [0.2, 0.25) is 5.02 Å². The minimum atomic E-state index is -0.337. The Morgan fingerprint density at radius 1 is 1.10 bits per heavy atom. The summed E-state index contributed by atoms with van der Waals surface area (Å²) in [5.74, 6) is 0.334. The van der Waals surface area contributed by atoms with Gasteiger partial charge in [0, 0.05) is 44.8 Å². The van der Waals surface area contributed by atoms with Gasteiger partial charge in [-0.05, 0) is 48.2 Å². The third-order valence-electron chi connectivity index (χ3n) is 4.21. The topological polar surface area (TPSA) is 56.7 Å². The van der Waals surface area contributed by atoms with Crippen molar-refractivity contribution >= 4 is 47.4 Å². The number of nitrogens with zero attached hydrogens (tertiary/aromatic N) is 2. The second kappa shape index (κ2) is 12.6. The number of halogens is 3. The lowest BCUT2D eigenvalue weighted by Gasteiger charge is -2.13. The van der Waals surface area contributed by atoms with Crippen LogP contribution in [0.5, 0.6) is 0 Å². The second-order valence-electron chi connectivity index (χ2n) is 6.56. The molecule has 5 nitrogen and oxygen atoms in total. The average molecular weight is 533 g/mol. The van der Waals surface area contributed by atoms with Crippen molar-refractivity contribution < 1.29 is 9.18 Å². The summed E-state index contributed by atoms with van der Waals surface area (Å²) >= 11 is 6.04. The molecule has 0 unspecified atom stereocenters. The smallest absolute Gasteiger partial charge is 0.253 e. The number of carbonyl (C=O) groups is 1.